The van der Waals surface area contributed by atoms with Crippen molar-refractivity contribution in [3.63, 3.8) is 0 Å². The fourth-order valence-corrected chi connectivity index (χ4v) is 3.01. The van der Waals surface area contributed by atoms with E-state index in [0.717, 1.165) is 34.8 Å². The molecule has 2 heterocycles. The van der Waals surface area contributed by atoms with Crippen molar-refractivity contribution in [2.24, 2.45) is 0 Å². The van der Waals surface area contributed by atoms with E-state index in [9.17, 15) is 26.3 Å². The quantitative estimate of drug-likeness (QED) is 0.339. The Morgan fingerprint density at radius 3 is 2.46 bits per heavy atom. The summed E-state index contributed by atoms with van der Waals surface area (Å²) in [6.07, 6.45) is -8.44. The van der Waals surface area contributed by atoms with Crippen molar-refractivity contribution in [1.82, 2.24) is 30.2 Å². The summed E-state index contributed by atoms with van der Waals surface area (Å²) in [6.45, 7) is 0. The molecule has 0 aliphatic heterocycles. The molecule has 3 rings (SSSR count). The van der Waals surface area contributed by atoms with Gasteiger partial charge in [-0.15, -0.1) is 5.10 Å². The summed E-state index contributed by atoms with van der Waals surface area (Å²) in [5, 5.41) is 10.2. The van der Waals surface area contributed by atoms with Crippen LogP contribution in [0.4, 0.5) is 26.3 Å². The van der Waals surface area contributed by atoms with Gasteiger partial charge in [0.2, 0.25) is 0 Å². The molecule has 0 aliphatic rings. The number of thioether (sulfide) groups is 1. The molecule has 0 radical (unpaired) electrons. The SMILES string of the molecule is FC(F)(F)c1ccnc(SCc2nnnn2-c2ccc(Cl)cc2C(F)(F)F)n1. The lowest BCUT2D eigenvalue weighted by Crippen LogP contribution is -2.13. The maximum absolute atomic E-state index is 13.3. The summed E-state index contributed by atoms with van der Waals surface area (Å²) in [7, 11) is 0. The zero-order valence-electron chi connectivity index (χ0n) is 13.3. The van der Waals surface area contributed by atoms with E-state index < -0.39 is 23.6 Å². The Morgan fingerprint density at radius 1 is 1.04 bits per heavy atom. The Labute approximate surface area is 161 Å². The van der Waals surface area contributed by atoms with Crippen molar-refractivity contribution < 1.29 is 26.3 Å². The predicted molar refractivity (Wildman–Crippen MR) is 85.8 cm³/mol. The van der Waals surface area contributed by atoms with Crippen LogP contribution in [-0.4, -0.2) is 30.2 Å². The average Bonchev–Trinajstić information content (AvgIpc) is 3.07. The third-order valence-corrected chi connectivity index (χ3v) is 4.37. The molecular formula is C14H7ClF6N6S. The van der Waals surface area contributed by atoms with E-state index in [1.54, 1.807) is 0 Å². The van der Waals surface area contributed by atoms with Gasteiger partial charge in [0.15, 0.2) is 11.0 Å². The van der Waals surface area contributed by atoms with E-state index in [-0.39, 0.29) is 27.4 Å². The molecule has 0 spiro atoms. The normalized spacial score (nSPS) is 12.4. The van der Waals surface area contributed by atoms with Gasteiger partial charge in [0.1, 0.15) is 5.69 Å². The largest absolute Gasteiger partial charge is 0.433 e. The van der Waals surface area contributed by atoms with Crippen molar-refractivity contribution in [2.75, 3.05) is 0 Å². The zero-order valence-corrected chi connectivity index (χ0v) is 14.9. The third-order valence-electron chi connectivity index (χ3n) is 3.28. The minimum absolute atomic E-state index is 0.0427. The van der Waals surface area contributed by atoms with Gasteiger partial charge in [-0.1, -0.05) is 23.4 Å². The van der Waals surface area contributed by atoms with Gasteiger partial charge in [-0.05, 0) is 34.7 Å². The molecule has 0 bridgehead atoms. The zero-order chi connectivity index (χ0) is 20.5. The van der Waals surface area contributed by atoms with Gasteiger partial charge in [-0.2, -0.15) is 31.0 Å². The fourth-order valence-electron chi connectivity index (χ4n) is 2.10. The lowest BCUT2D eigenvalue weighted by atomic mass is 10.1. The molecule has 0 saturated carbocycles. The molecule has 0 N–H and O–H groups in total. The van der Waals surface area contributed by atoms with E-state index >= 15 is 0 Å². The maximum atomic E-state index is 13.3. The van der Waals surface area contributed by atoms with Crippen LogP contribution in [0.15, 0.2) is 35.6 Å². The van der Waals surface area contributed by atoms with E-state index in [0.29, 0.717) is 6.07 Å². The Bertz CT molecular complexity index is 989. The Balaban J connectivity index is 1.89. The average molecular weight is 441 g/mol. The number of aromatic nitrogens is 6. The number of nitrogens with zero attached hydrogens (tertiary/aromatic N) is 6. The predicted octanol–water partition coefficient (Wildman–Crippen LogP) is 4.44. The van der Waals surface area contributed by atoms with E-state index in [1.165, 1.54) is 6.07 Å². The second-order valence-corrected chi connectivity index (χ2v) is 6.56. The molecule has 148 valence electrons. The summed E-state index contributed by atoms with van der Waals surface area (Å²) < 4.78 is 78.8. The van der Waals surface area contributed by atoms with Crippen LogP contribution in [0, 0.1) is 0 Å². The summed E-state index contributed by atoms with van der Waals surface area (Å²) >= 11 is 6.38. The molecule has 28 heavy (non-hydrogen) atoms. The maximum Gasteiger partial charge on any atom is 0.433 e. The van der Waals surface area contributed by atoms with Crippen LogP contribution in [0.25, 0.3) is 5.69 Å². The van der Waals surface area contributed by atoms with Crippen molar-refractivity contribution >= 4 is 23.4 Å². The van der Waals surface area contributed by atoms with Gasteiger partial charge in [0.05, 0.1) is 17.0 Å². The van der Waals surface area contributed by atoms with E-state index in [1.807, 2.05) is 0 Å². The van der Waals surface area contributed by atoms with Crippen LogP contribution in [0.1, 0.15) is 17.1 Å². The van der Waals surface area contributed by atoms with Gasteiger partial charge in [0.25, 0.3) is 0 Å². The summed E-state index contributed by atoms with van der Waals surface area (Å²) in [6, 6.07) is 3.76. The lowest BCUT2D eigenvalue weighted by molar-refractivity contribution is -0.141. The molecule has 6 nitrogen and oxygen atoms in total. The van der Waals surface area contributed by atoms with Crippen LogP contribution in [0.5, 0.6) is 0 Å². The number of hydrogen-bond donors (Lipinski definition) is 0. The second-order valence-electron chi connectivity index (χ2n) is 5.18. The molecule has 2 aromatic heterocycles. The van der Waals surface area contributed by atoms with Crippen molar-refractivity contribution in [2.45, 2.75) is 23.3 Å². The second kappa shape index (κ2) is 7.54. The van der Waals surface area contributed by atoms with Crippen LogP contribution in [0.2, 0.25) is 5.02 Å². The number of halogens is 7. The van der Waals surface area contributed by atoms with E-state index in [2.05, 4.69) is 25.5 Å². The highest BCUT2D eigenvalue weighted by Crippen LogP contribution is 2.36. The van der Waals surface area contributed by atoms with Crippen molar-refractivity contribution in [3.8, 4) is 5.69 Å². The smallest absolute Gasteiger partial charge is 0.231 e. The standard InChI is InChI=1S/C14H7ClF6N6S/c15-7-1-2-9(8(5-7)13(16,17)18)27-11(24-25-26-27)6-28-12-22-4-3-10(23-12)14(19,20)21/h1-5H,6H2. The molecule has 0 atom stereocenters. The molecule has 3 aromatic rings. The molecule has 0 aliphatic carbocycles. The van der Waals surface area contributed by atoms with Gasteiger partial charge in [-0.3, -0.25) is 0 Å². The first-order chi connectivity index (χ1) is 13.1. The Hall–Kier alpha value is -2.41. The molecule has 0 unspecified atom stereocenters. The fraction of sp³-hybridized carbons (Fsp3) is 0.214. The first-order valence-electron chi connectivity index (χ1n) is 7.23. The highest BCUT2D eigenvalue weighted by molar-refractivity contribution is 7.98. The van der Waals surface area contributed by atoms with Crippen LogP contribution in [-0.2, 0) is 18.1 Å². The van der Waals surface area contributed by atoms with Crippen LogP contribution >= 0.6 is 23.4 Å². The summed E-state index contributed by atoms with van der Waals surface area (Å²) in [5.74, 6) is -0.215. The summed E-state index contributed by atoms with van der Waals surface area (Å²) in [5.41, 5.74) is -2.57. The molecule has 1 aromatic carbocycles. The lowest BCUT2D eigenvalue weighted by Gasteiger charge is -2.13. The number of hydrogen-bond acceptors (Lipinski definition) is 6. The Kier molecular flexibility index (Phi) is 5.48. The first-order valence-corrected chi connectivity index (χ1v) is 8.59. The van der Waals surface area contributed by atoms with Gasteiger partial charge < -0.3 is 0 Å². The Morgan fingerprint density at radius 2 is 1.79 bits per heavy atom. The topological polar surface area (TPSA) is 69.4 Å². The van der Waals surface area contributed by atoms with Crippen LogP contribution < -0.4 is 0 Å². The summed E-state index contributed by atoms with van der Waals surface area (Å²) in [4.78, 5) is 7.07. The first kappa shape index (κ1) is 20.3. The number of benzene rings is 1. The van der Waals surface area contributed by atoms with Gasteiger partial charge in [0, 0.05) is 11.2 Å². The van der Waals surface area contributed by atoms with Crippen LogP contribution in [0.3, 0.4) is 0 Å². The molecular weight excluding hydrogens is 434 g/mol. The van der Waals surface area contributed by atoms with Gasteiger partial charge >= 0.3 is 12.4 Å². The number of tetrazole rings is 1. The van der Waals surface area contributed by atoms with Crippen molar-refractivity contribution in [1.29, 1.82) is 0 Å². The van der Waals surface area contributed by atoms with Crippen molar-refractivity contribution in [3.05, 3.63) is 52.6 Å². The van der Waals surface area contributed by atoms with Gasteiger partial charge in [-0.25, -0.2) is 9.97 Å². The number of alkyl halides is 6. The minimum Gasteiger partial charge on any atom is -0.231 e. The number of rotatable bonds is 4. The minimum atomic E-state index is -4.72. The molecule has 0 amide bonds. The highest BCUT2D eigenvalue weighted by Gasteiger charge is 2.35. The molecule has 0 fully saturated rings. The molecule has 14 heteroatoms. The monoisotopic (exact) mass is 440 g/mol. The molecule has 0 saturated heterocycles. The third kappa shape index (κ3) is 4.52. The highest BCUT2D eigenvalue weighted by atomic mass is 35.5. The van der Waals surface area contributed by atoms with E-state index in [4.69, 9.17) is 11.6 Å².